The molecule has 0 aliphatic heterocycles. The van der Waals surface area contributed by atoms with Gasteiger partial charge in [0.15, 0.2) is 0 Å². The summed E-state index contributed by atoms with van der Waals surface area (Å²) in [5, 5.41) is 0.139. The standard InChI is InChI=1S/C13H22ClN3O2S/c1-9(2)5-4-6-10(3)17-20(18,19)11-7-12(14)13(15)16-8-11/h7-10,17H,4-6H2,1-3H3,(H2,15,16). The van der Waals surface area contributed by atoms with Crippen molar-refractivity contribution >= 4 is 27.4 Å². The number of anilines is 1. The normalized spacial score (nSPS) is 13.7. The maximum Gasteiger partial charge on any atom is 0.242 e. The van der Waals surface area contributed by atoms with E-state index >= 15 is 0 Å². The van der Waals surface area contributed by atoms with Gasteiger partial charge in [0.25, 0.3) is 0 Å². The molecular weight excluding hydrogens is 298 g/mol. The summed E-state index contributed by atoms with van der Waals surface area (Å²) in [5.74, 6) is 0.745. The van der Waals surface area contributed by atoms with Crippen LogP contribution in [0.25, 0.3) is 0 Å². The molecule has 0 spiro atoms. The number of nitrogens with zero attached hydrogens (tertiary/aromatic N) is 1. The van der Waals surface area contributed by atoms with E-state index < -0.39 is 10.0 Å². The van der Waals surface area contributed by atoms with E-state index in [2.05, 4.69) is 23.6 Å². The molecule has 1 aromatic heterocycles. The third kappa shape index (κ3) is 5.26. The number of halogens is 1. The number of nitrogens with one attached hydrogen (secondary N) is 1. The molecule has 0 radical (unpaired) electrons. The van der Waals surface area contributed by atoms with Crippen LogP contribution >= 0.6 is 11.6 Å². The first-order chi connectivity index (χ1) is 9.22. The quantitative estimate of drug-likeness (QED) is 0.809. The molecule has 1 atom stereocenters. The summed E-state index contributed by atoms with van der Waals surface area (Å²) in [6, 6.07) is 1.18. The number of aromatic nitrogens is 1. The van der Waals surface area contributed by atoms with E-state index in [4.69, 9.17) is 17.3 Å². The Morgan fingerprint density at radius 1 is 1.35 bits per heavy atom. The highest BCUT2D eigenvalue weighted by Gasteiger charge is 2.18. The minimum Gasteiger partial charge on any atom is -0.382 e. The first kappa shape index (κ1) is 17.2. The van der Waals surface area contributed by atoms with Gasteiger partial charge in [-0.3, -0.25) is 0 Å². The molecule has 114 valence electrons. The van der Waals surface area contributed by atoms with Gasteiger partial charge in [-0.25, -0.2) is 18.1 Å². The Hall–Kier alpha value is -0.850. The van der Waals surface area contributed by atoms with Crippen molar-refractivity contribution in [3.63, 3.8) is 0 Å². The summed E-state index contributed by atoms with van der Waals surface area (Å²) in [6.45, 7) is 6.15. The lowest BCUT2D eigenvalue weighted by molar-refractivity contribution is 0.488. The van der Waals surface area contributed by atoms with Crippen LogP contribution in [-0.4, -0.2) is 19.4 Å². The predicted molar refractivity (Wildman–Crippen MR) is 82.1 cm³/mol. The highest BCUT2D eigenvalue weighted by Crippen LogP contribution is 2.20. The zero-order chi connectivity index (χ0) is 15.3. The first-order valence-corrected chi connectivity index (χ1v) is 8.52. The lowest BCUT2D eigenvalue weighted by atomic mass is 10.0. The molecule has 3 N–H and O–H groups in total. The summed E-state index contributed by atoms with van der Waals surface area (Å²) in [7, 11) is -3.60. The van der Waals surface area contributed by atoms with Gasteiger partial charge in [-0.05, 0) is 25.3 Å². The summed E-state index contributed by atoms with van der Waals surface area (Å²) < 4.78 is 26.9. The Balaban J connectivity index is 2.67. The highest BCUT2D eigenvalue weighted by molar-refractivity contribution is 7.89. The molecule has 0 saturated heterocycles. The molecule has 1 unspecified atom stereocenters. The van der Waals surface area contributed by atoms with E-state index in [-0.39, 0.29) is 21.8 Å². The largest absolute Gasteiger partial charge is 0.382 e. The van der Waals surface area contributed by atoms with E-state index in [9.17, 15) is 8.42 Å². The number of nitrogens with two attached hydrogens (primary N) is 1. The molecule has 5 nitrogen and oxygen atoms in total. The molecule has 20 heavy (non-hydrogen) atoms. The molecule has 0 aromatic carbocycles. The van der Waals surface area contributed by atoms with Gasteiger partial charge in [0.2, 0.25) is 10.0 Å². The number of pyridine rings is 1. The highest BCUT2D eigenvalue weighted by atomic mass is 35.5. The van der Waals surface area contributed by atoms with Gasteiger partial charge < -0.3 is 5.73 Å². The predicted octanol–water partition coefficient (Wildman–Crippen LogP) is 2.81. The van der Waals surface area contributed by atoms with Gasteiger partial charge in [-0.2, -0.15) is 0 Å². The van der Waals surface area contributed by atoms with E-state index in [1.165, 1.54) is 12.3 Å². The lowest BCUT2D eigenvalue weighted by Gasteiger charge is -2.15. The minimum atomic E-state index is -3.60. The van der Waals surface area contributed by atoms with Crippen molar-refractivity contribution in [2.24, 2.45) is 5.92 Å². The molecule has 0 aliphatic carbocycles. The summed E-state index contributed by atoms with van der Waals surface area (Å²) >= 11 is 5.80. The average Bonchev–Trinajstić information content (AvgIpc) is 2.31. The second-order valence-electron chi connectivity index (χ2n) is 5.39. The number of rotatable bonds is 7. The van der Waals surface area contributed by atoms with E-state index in [1.807, 2.05) is 6.92 Å². The van der Waals surface area contributed by atoms with Crippen LogP contribution in [0.5, 0.6) is 0 Å². The molecule has 0 bridgehead atoms. The van der Waals surface area contributed by atoms with Gasteiger partial charge in [0.1, 0.15) is 10.7 Å². The van der Waals surface area contributed by atoms with Crippen LogP contribution < -0.4 is 10.5 Å². The van der Waals surface area contributed by atoms with Crippen LogP contribution in [0.15, 0.2) is 17.2 Å². The Kier molecular flexibility index (Phi) is 6.23. The van der Waals surface area contributed by atoms with Crippen molar-refractivity contribution in [3.8, 4) is 0 Å². The SMILES string of the molecule is CC(C)CCCC(C)NS(=O)(=O)c1cnc(N)c(Cl)c1. The van der Waals surface area contributed by atoms with Crippen LogP contribution in [0, 0.1) is 5.92 Å². The Labute approximate surface area is 126 Å². The molecular formula is C13H22ClN3O2S. The summed E-state index contributed by atoms with van der Waals surface area (Å²) in [6.07, 6.45) is 4.08. The van der Waals surface area contributed by atoms with Gasteiger partial charge in [0.05, 0.1) is 5.02 Å². The van der Waals surface area contributed by atoms with Crippen LogP contribution in [0.2, 0.25) is 5.02 Å². The van der Waals surface area contributed by atoms with Crippen LogP contribution in [0.1, 0.15) is 40.0 Å². The molecule has 0 aliphatic rings. The number of hydrogen-bond acceptors (Lipinski definition) is 4. The third-order valence-corrected chi connectivity index (χ3v) is 4.79. The van der Waals surface area contributed by atoms with Crippen molar-refractivity contribution in [2.45, 2.75) is 51.0 Å². The summed E-state index contributed by atoms with van der Waals surface area (Å²) in [4.78, 5) is 3.80. The number of sulfonamides is 1. The zero-order valence-electron chi connectivity index (χ0n) is 12.1. The third-order valence-electron chi connectivity index (χ3n) is 2.93. The fraction of sp³-hybridized carbons (Fsp3) is 0.615. The zero-order valence-corrected chi connectivity index (χ0v) is 13.6. The Bertz CT molecular complexity index is 547. The smallest absolute Gasteiger partial charge is 0.242 e. The second kappa shape index (κ2) is 7.24. The van der Waals surface area contributed by atoms with Crippen LogP contribution in [0.3, 0.4) is 0 Å². The fourth-order valence-corrected chi connectivity index (χ4v) is 3.28. The Morgan fingerprint density at radius 3 is 2.55 bits per heavy atom. The van der Waals surface area contributed by atoms with Crippen molar-refractivity contribution < 1.29 is 8.42 Å². The maximum absolute atomic E-state index is 12.2. The van der Waals surface area contributed by atoms with Crippen LogP contribution in [0.4, 0.5) is 5.82 Å². The fourth-order valence-electron chi connectivity index (χ4n) is 1.80. The Morgan fingerprint density at radius 2 is 2.00 bits per heavy atom. The second-order valence-corrected chi connectivity index (χ2v) is 7.51. The number of nitrogen functional groups attached to an aromatic ring is 1. The average molecular weight is 320 g/mol. The van der Waals surface area contributed by atoms with E-state index in [0.717, 1.165) is 19.3 Å². The summed E-state index contributed by atoms with van der Waals surface area (Å²) in [5.41, 5.74) is 5.47. The van der Waals surface area contributed by atoms with Gasteiger partial charge in [-0.1, -0.05) is 38.3 Å². The van der Waals surface area contributed by atoms with Crippen molar-refractivity contribution in [1.82, 2.24) is 9.71 Å². The van der Waals surface area contributed by atoms with Gasteiger partial charge in [0, 0.05) is 12.2 Å². The van der Waals surface area contributed by atoms with Crippen molar-refractivity contribution in [2.75, 3.05) is 5.73 Å². The van der Waals surface area contributed by atoms with Gasteiger partial charge >= 0.3 is 0 Å². The van der Waals surface area contributed by atoms with Gasteiger partial charge in [-0.15, -0.1) is 0 Å². The van der Waals surface area contributed by atoms with Crippen LogP contribution in [-0.2, 0) is 10.0 Å². The lowest BCUT2D eigenvalue weighted by Crippen LogP contribution is -2.32. The molecule has 7 heteroatoms. The molecule has 1 aromatic rings. The molecule has 1 heterocycles. The maximum atomic E-state index is 12.2. The minimum absolute atomic E-state index is 0.0346. The van der Waals surface area contributed by atoms with Crippen molar-refractivity contribution in [3.05, 3.63) is 17.3 Å². The van der Waals surface area contributed by atoms with Crippen molar-refractivity contribution in [1.29, 1.82) is 0 Å². The van der Waals surface area contributed by atoms with E-state index in [0.29, 0.717) is 5.92 Å². The molecule has 0 saturated carbocycles. The number of hydrogen-bond donors (Lipinski definition) is 2. The first-order valence-electron chi connectivity index (χ1n) is 6.65. The van der Waals surface area contributed by atoms with E-state index in [1.54, 1.807) is 0 Å². The molecule has 0 amide bonds. The molecule has 1 rings (SSSR count). The topological polar surface area (TPSA) is 85.1 Å². The molecule has 0 fully saturated rings. The monoisotopic (exact) mass is 319 g/mol.